The summed E-state index contributed by atoms with van der Waals surface area (Å²) in [6, 6.07) is 8.76. The molecule has 4 aromatic heterocycles. The highest BCUT2D eigenvalue weighted by Crippen LogP contribution is 2.49. The summed E-state index contributed by atoms with van der Waals surface area (Å²) >= 11 is 0. The van der Waals surface area contributed by atoms with Gasteiger partial charge in [0.05, 0.1) is 31.4 Å². The van der Waals surface area contributed by atoms with Crippen molar-refractivity contribution in [1.82, 2.24) is 59.4 Å². The predicted octanol–water partition coefficient (Wildman–Crippen LogP) is 7.50. The quantitative estimate of drug-likeness (QED) is 0.0829. The van der Waals surface area contributed by atoms with Gasteiger partial charge in [-0.3, -0.25) is 28.6 Å². The number of hydrogen-bond donors (Lipinski definition) is 4. The molecule has 6 aliphatic rings. The van der Waals surface area contributed by atoms with Gasteiger partial charge in [-0.25, -0.2) is 18.6 Å². The summed E-state index contributed by atoms with van der Waals surface area (Å²) in [4.78, 5) is 72.3. The van der Waals surface area contributed by atoms with Crippen molar-refractivity contribution in [1.29, 1.82) is 0 Å². The number of aromatic nitrogens is 7. The number of aliphatic hydroxyl groups is 1. The van der Waals surface area contributed by atoms with E-state index in [0.717, 1.165) is 124 Å². The highest BCUT2D eigenvalue weighted by molar-refractivity contribution is 5.91. The molecule has 4 amide bonds. The van der Waals surface area contributed by atoms with Crippen LogP contribution in [0.15, 0.2) is 53.7 Å². The summed E-state index contributed by atoms with van der Waals surface area (Å²) in [5.41, 5.74) is 6.75. The lowest BCUT2D eigenvalue weighted by molar-refractivity contribution is -0.139. The first kappa shape index (κ1) is 59.5. The van der Waals surface area contributed by atoms with E-state index < -0.39 is 18.2 Å². The van der Waals surface area contributed by atoms with E-state index in [0.29, 0.717) is 97.2 Å². The molecule has 1 atom stereocenters. The number of aliphatic hydroxyl groups excluding tert-OH is 1. The van der Waals surface area contributed by atoms with Crippen LogP contribution in [0.5, 0.6) is 11.5 Å². The molecule has 5 aliphatic heterocycles. The highest BCUT2D eigenvalue weighted by atomic mass is 19.3. The van der Waals surface area contributed by atoms with E-state index >= 15 is 0 Å². The van der Waals surface area contributed by atoms with Crippen LogP contribution in [0.1, 0.15) is 111 Å². The Kier molecular flexibility index (Phi) is 16.9. The van der Waals surface area contributed by atoms with E-state index in [1.807, 2.05) is 25.1 Å². The fourth-order valence-corrected chi connectivity index (χ4v) is 14.6. The van der Waals surface area contributed by atoms with E-state index in [1.165, 1.54) is 11.6 Å². The number of nitrogens with zero attached hydrogens (tertiary/aromatic N) is 12. The number of urea groups is 1. The van der Waals surface area contributed by atoms with Gasteiger partial charge in [-0.1, -0.05) is 0 Å². The maximum atomic E-state index is 14.9. The molecule has 464 valence electrons. The van der Waals surface area contributed by atoms with Crippen LogP contribution >= 0.6 is 0 Å². The minimum Gasteiger partial charge on any atom is -0.494 e. The van der Waals surface area contributed by atoms with E-state index in [1.54, 1.807) is 68.6 Å². The number of benzene rings is 2. The van der Waals surface area contributed by atoms with Crippen molar-refractivity contribution < 1.29 is 37.7 Å². The van der Waals surface area contributed by atoms with Gasteiger partial charge in [0.1, 0.15) is 17.8 Å². The van der Waals surface area contributed by atoms with Gasteiger partial charge in [0.2, 0.25) is 11.9 Å². The minimum absolute atomic E-state index is 0.0398. The predicted molar refractivity (Wildman–Crippen MR) is 326 cm³/mol. The Hall–Kier alpha value is -7.86. The number of fused-ring (bicyclic) bond motifs is 3. The summed E-state index contributed by atoms with van der Waals surface area (Å²) in [5.74, 6) is 2.42. The van der Waals surface area contributed by atoms with Crippen molar-refractivity contribution >= 4 is 57.7 Å². The fraction of sp³-hybridized carbons (Fsp3) is 0.556. The lowest BCUT2D eigenvalue weighted by Gasteiger charge is -2.48. The molecule has 2 aromatic carbocycles. The summed E-state index contributed by atoms with van der Waals surface area (Å²) in [6.45, 7) is 7.44. The molecule has 4 fully saturated rings. The van der Waals surface area contributed by atoms with Crippen LogP contribution in [-0.2, 0) is 43.1 Å². The highest BCUT2D eigenvalue weighted by Gasteiger charge is 2.44. The van der Waals surface area contributed by atoms with Gasteiger partial charge in [0.15, 0.2) is 18.2 Å². The molecule has 0 bridgehead atoms. The molecule has 87 heavy (non-hydrogen) atoms. The maximum Gasteiger partial charge on any atom is 0.317 e. The van der Waals surface area contributed by atoms with Gasteiger partial charge < -0.3 is 54.7 Å². The van der Waals surface area contributed by atoms with Crippen LogP contribution in [-0.4, -0.2) is 158 Å². The number of aryl methyl sites for hydroxylation is 4. The lowest BCUT2D eigenvalue weighted by atomic mass is 9.65. The third-order valence-electron chi connectivity index (χ3n) is 19.8. The Morgan fingerprint density at radius 3 is 2.30 bits per heavy atom. The second kappa shape index (κ2) is 24.7. The van der Waals surface area contributed by atoms with Crippen LogP contribution in [0.2, 0.25) is 0 Å². The lowest BCUT2D eigenvalue weighted by Crippen LogP contribution is -2.50. The number of pyridine rings is 1. The molecule has 1 spiro atoms. The third kappa shape index (κ3) is 11.8. The zero-order chi connectivity index (χ0) is 60.8. The molecule has 24 heteroatoms. The largest absolute Gasteiger partial charge is 0.494 e. The number of amides is 4. The van der Waals surface area contributed by atoms with Gasteiger partial charge in [-0.15, -0.1) is 0 Å². The number of carbonyl (C=O) groups excluding carboxylic acids is 3. The molecule has 0 radical (unpaired) electrons. The Bertz CT molecular complexity index is 3610. The number of nitrogens with one attached hydrogen (secondary N) is 3. The molecule has 4 N–H and O–H groups in total. The molecule has 1 saturated carbocycles. The van der Waals surface area contributed by atoms with Crippen molar-refractivity contribution in [3.8, 4) is 22.6 Å². The molecule has 12 rings (SSSR count). The summed E-state index contributed by atoms with van der Waals surface area (Å²) < 4.78 is 46.4. The number of halogens is 2. The zero-order valence-electron chi connectivity index (χ0n) is 50.8. The van der Waals surface area contributed by atoms with E-state index in [9.17, 15) is 33.1 Å². The van der Waals surface area contributed by atoms with Crippen molar-refractivity contribution in [2.45, 2.75) is 116 Å². The number of methoxy groups -OCH3 is 1. The van der Waals surface area contributed by atoms with E-state index in [4.69, 9.17) is 24.5 Å². The number of likely N-dealkylation sites (tertiary alicyclic amines) is 2. The van der Waals surface area contributed by atoms with Crippen LogP contribution in [0.4, 0.5) is 42.5 Å². The molecule has 9 heterocycles. The van der Waals surface area contributed by atoms with Crippen LogP contribution < -0.4 is 40.8 Å². The number of carbonyl (C=O) groups is 3. The average molecular weight is 1200 g/mol. The second-order valence-electron chi connectivity index (χ2n) is 24.8. The molecule has 22 nitrogen and oxygen atoms in total. The summed E-state index contributed by atoms with van der Waals surface area (Å²) in [6.07, 6.45) is 13.2. The maximum absolute atomic E-state index is 14.9. The average Bonchev–Trinajstić information content (AvgIpc) is 1.92. The number of alkyl halides is 2. The van der Waals surface area contributed by atoms with Gasteiger partial charge in [0.25, 0.3) is 17.9 Å². The number of likely N-dealkylation sites (N-methyl/N-ethyl adjacent to an activating group) is 1. The number of piperidine rings is 3. The Morgan fingerprint density at radius 2 is 1.61 bits per heavy atom. The van der Waals surface area contributed by atoms with Crippen LogP contribution in [0.3, 0.4) is 0 Å². The Morgan fingerprint density at radius 1 is 0.851 bits per heavy atom. The molecule has 3 saturated heterocycles. The minimum atomic E-state index is -2.69. The molecule has 1 unspecified atom stereocenters. The molecule has 6 aromatic rings. The van der Waals surface area contributed by atoms with Gasteiger partial charge >= 0.3 is 6.03 Å². The first-order valence-corrected chi connectivity index (χ1v) is 30.9. The molecular formula is C63H81F2N15O7. The van der Waals surface area contributed by atoms with Crippen molar-refractivity contribution in [2.24, 2.45) is 31.3 Å². The summed E-state index contributed by atoms with van der Waals surface area (Å²) in [5, 5.41) is 31.0. The first-order chi connectivity index (χ1) is 42.0. The van der Waals surface area contributed by atoms with E-state index in [2.05, 4.69) is 45.3 Å². The number of ether oxygens (including phenoxy) is 2. The van der Waals surface area contributed by atoms with E-state index in [-0.39, 0.29) is 59.1 Å². The normalized spacial score (nSPS) is 19.1. The Balaban J connectivity index is 0.634. The van der Waals surface area contributed by atoms with Crippen LogP contribution in [0.25, 0.3) is 22.0 Å². The zero-order valence-corrected chi connectivity index (χ0v) is 50.8. The number of rotatable bonds is 14. The van der Waals surface area contributed by atoms with Gasteiger partial charge in [0, 0.05) is 156 Å². The Labute approximate surface area is 505 Å². The standard InChI is InChI=1S/C63H81F2N15O7/c1-38-33-68-61(71-56(38)70-44-28-42-30-52(87-37-53(81)66-2)60(84)74(5)54(42)51(31-44)86-6)77-21-11-40(12-22-77)59(83)76-26-18-63(19-27-76)16-9-39(10-17-63)58(82)75-23-13-45(14-24-75)80-49-15-25-78(62(85)67-3)36-48(49)57(72-80)79-20-7-8-41-29-46(43-34-69-73(4)35-43)47(55(64)65)32-50(41)79/h28-35,39-40,45,55,58,82H,7-27,36-37H2,1-6H3,(H,66,81)(H,67,85)(H,68,70,71). The smallest absolute Gasteiger partial charge is 0.317 e. The second-order valence-corrected chi connectivity index (χ2v) is 24.8. The number of anilines is 5. The van der Waals surface area contributed by atoms with Crippen molar-refractivity contribution in [2.75, 3.05) is 95.3 Å². The third-order valence-corrected chi connectivity index (χ3v) is 19.8. The fourth-order valence-electron chi connectivity index (χ4n) is 14.6. The molecule has 1 aliphatic carbocycles. The number of hydrogen-bond acceptors (Lipinski definition) is 15. The van der Waals surface area contributed by atoms with Crippen LogP contribution in [0, 0.1) is 24.2 Å². The monoisotopic (exact) mass is 1200 g/mol. The van der Waals surface area contributed by atoms with Gasteiger partial charge in [-0.2, -0.15) is 15.2 Å². The summed E-state index contributed by atoms with van der Waals surface area (Å²) in [7, 11) is 8.10. The topological polar surface area (TPSA) is 226 Å². The SMILES string of the molecule is CNC(=O)COc1cc2cc(Nc3nc(N4CCC(C(=O)N5CCC6(CCC(C(O)N7CCC(n8nc(N9CCCc%10cc(-c%11cnn(C)c%11)c(C(F)F)cc%109)c9c8CCN(C(=O)NC)C9)CC7)CC6)CC5)CC4)ncc3C)cc(OC)c2n(C)c1=O. The first-order valence-electron chi connectivity index (χ1n) is 30.9. The van der Waals surface area contributed by atoms with Gasteiger partial charge in [-0.05, 0) is 131 Å². The van der Waals surface area contributed by atoms with Crippen molar-refractivity contribution in [3.05, 3.63) is 87.2 Å². The molecular weight excluding hydrogens is 1120 g/mol. The van der Waals surface area contributed by atoms with Crippen molar-refractivity contribution in [3.63, 3.8) is 0 Å².